The molecule has 0 aliphatic carbocycles. The summed E-state index contributed by atoms with van der Waals surface area (Å²) in [6.45, 7) is 8.63. The molecule has 1 aliphatic rings. The van der Waals surface area contributed by atoms with Crippen LogP contribution in [-0.4, -0.2) is 76.9 Å². The van der Waals surface area contributed by atoms with Crippen LogP contribution in [0.1, 0.15) is 23.7 Å². The first-order valence-corrected chi connectivity index (χ1v) is 12.3. The van der Waals surface area contributed by atoms with Gasteiger partial charge >= 0.3 is 0 Å². The van der Waals surface area contributed by atoms with E-state index in [9.17, 15) is 15.2 Å². The van der Waals surface area contributed by atoms with Gasteiger partial charge in [-0.15, -0.1) is 0 Å². The van der Waals surface area contributed by atoms with Crippen LogP contribution in [0, 0.1) is 17.0 Å². The van der Waals surface area contributed by atoms with Crippen molar-refractivity contribution in [2.45, 2.75) is 26.4 Å². The number of aromatic nitrogens is 2. The van der Waals surface area contributed by atoms with Gasteiger partial charge in [0.25, 0.3) is 5.69 Å². The summed E-state index contributed by atoms with van der Waals surface area (Å²) in [6.07, 6.45) is 0.0850. The maximum Gasteiger partial charge on any atom is 0.269 e. The molecule has 1 saturated heterocycles. The van der Waals surface area contributed by atoms with Crippen molar-refractivity contribution >= 4 is 11.5 Å². The van der Waals surface area contributed by atoms with E-state index in [2.05, 4.69) is 9.80 Å². The number of anilines is 1. The predicted molar refractivity (Wildman–Crippen MR) is 139 cm³/mol. The molecule has 1 fully saturated rings. The van der Waals surface area contributed by atoms with Crippen molar-refractivity contribution in [3.05, 3.63) is 81.5 Å². The molecule has 1 N–H and O–H groups in total. The number of aryl methyl sites for hydroxylation is 1. The maximum absolute atomic E-state index is 11.1. The Kier molecular flexibility index (Phi) is 8.58. The minimum atomic E-state index is -0.500. The summed E-state index contributed by atoms with van der Waals surface area (Å²) in [7, 11) is 0. The van der Waals surface area contributed by atoms with E-state index in [0.717, 1.165) is 54.4 Å². The Hall–Kier alpha value is -3.40. The van der Waals surface area contributed by atoms with E-state index in [4.69, 9.17) is 14.7 Å². The first-order chi connectivity index (χ1) is 17.4. The van der Waals surface area contributed by atoms with Gasteiger partial charge in [0.2, 0.25) is 0 Å². The molecule has 0 saturated carbocycles. The summed E-state index contributed by atoms with van der Waals surface area (Å²) in [6, 6.07) is 16.6. The van der Waals surface area contributed by atoms with Crippen molar-refractivity contribution in [1.29, 1.82) is 0 Å². The molecule has 0 bridgehead atoms. The third kappa shape index (κ3) is 6.42. The second-order valence-electron chi connectivity index (χ2n) is 9.00. The average molecular weight is 492 g/mol. The molecular weight excluding hydrogens is 458 g/mol. The Bertz CT molecular complexity index is 1150. The van der Waals surface area contributed by atoms with Crippen LogP contribution in [0.3, 0.4) is 0 Å². The topological polar surface area (TPSA) is 105 Å². The van der Waals surface area contributed by atoms with Crippen LogP contribution in [-0.2, 0) is 11.2 Å². The number of rotatable bonds is 10. The number of nitro benzene ring substituents is 1. The van der Waals surface area contributed by atoms with Gasteiger partial charge < -0.3 is 14.7 Å². The SMILES string of the molecule is CCOCC(O)CN1CCN(c2nc(-c3ccccc3)nc(C)c2Cc2ccc([N+](=O)[O-])cc2)CC1. The number of non-ortho nitro benzene ring substituents is 1. The van der Waals surface area contributed by atoms with Gasteiger partial charge in [-0.3, -0.25) is 15.0 Å². The van der Waals surface area contributed by atoms with E-state index in [1.54, 1.807) is 12.1 Å². The first-order valence-electron chi connectivity index (χ1n) is 12.3. The highest BCUT2D eigenvalue weighted by Crippen LogP contribution is 2.28. The summed E-state index contributed by atoms with van der Waals surface area (Å²) in [4.78, 5) is 25.0. The Morgan fingerprint density at radius 2 is 1.75 bits per heavy atom. The second-order valence-corrected chi connectivity index (χ2v) is 9.00. The normalized spacial score (nSPS) is 15.1. The summed E-state index contributed by atoms with van der Waals surface area (Å²) in [5.74, 6) is 1.58. The molecule has 9 nitrogen and oxygen atoms in total. The van der Waals surface area contributed by atoms with Gasteiger partial charge in [-0.05, 0) is 19.4 Å². The Balaban J connectivity index is 1.58. The highest BCUT2D eigenvalue weighted by Gasteiger charge is 2.24. The molecule has 2 heterocycles. The molecule has 0 amide bonds. The minimum absolute atomic E-state index is 0.0778. The number of β-amino-alcohol motifs (C(OH)–C–C–N with tert-alkyl or cyclic N) is 1. The lowest BCUT2D eigenvalue weighted by Crippen LogP contribution is -2.49. The van der Waals surface area contributed by atoms with Crippen LogP contribution in [0.15, 0.2) is 54.6 Å². The lowest BCUT2D eigenvalue weighted by atomic mass is 10.0. The van der Waals surface area contributed by atoms with Crippen molar-refractivity contribution in [3.63, 3.8) is 0 Å². The zero-order chi connectivity index (χ0) is 25.5. The number of nitro groups is 1. The maximum atomic E-state index is 11.1. The monoisotopic (exact) mass is 491 g/mol. The number of aliphatic hydroxyl groups is 1. The number of nitrogens with zero attached hydrogens (tertiary/aromatic N) is 5. The lowest BCUT2D eigenvalue weighted by molar-refractivity contribution is -0.384. The minimum Gasteiger partial charge on any atom is -0.389 e. The fourth-order valence-electron chi connectivity index (χ4n) is 4.45. The largest absolute Gasteiger partial charge is 0.389 e. The third-order valence-electron chi connectivity index (χ3n) is 6.41. The summed E-state index contributed by atoms with van der Waals surface area (Å²) in [5.41, 5.74) is 3.93. The fraction of sp³-hybridized carbons (Fsp3) is 0.407. The molecule has 0 radical (unpaired) electrons. The van der Waals surface area contributed by atoms with Crippen LogP contribution >= 0.6 is 0 Å². The number of hydrogen-bond acceptors (Lipinski definition) is 8. The summed E-state index contributed by atoms with van der Waals surface area (Å²) in [5, 5.41) is 21.3. The zero-order valence-corrected chi connectivity index (χ0v) is 20.8. The van der Waals surface area contributed by atoms with Gasteiger partial charge in [0.05, 0.1) is 17.6 Å². The highest BCUT2D eigenvalue weighted by atomic mass is 16.6. The van der Waals surface area contributed by atoms with Crippen molar-refractivity contribution in [2.75, 3.05) is 50.8 Å². The van der Waals surface area contributed by atoms with Crippen LogP contribution < -0.4 is 4.90 Å². The van der Waals surface area contributed by atoms with Crippen molar-refractivity contribution < 1.29 is 14.8 Å². The average Bonchev–Trinajstić information content (AvgIpc) is 2.90. The molecule has 1 unspecified atom stereocenters. The molecule has 190 valence electrons. The molecule has 9 heteroatoms. The molecule has 36 heavy (non-hydrogen) atoms. The van der Waals surface area contributed by atoms with Crippen LogP contribution in [0.5, 0.6) is 0 Å². The summed E-state index contributed by atoms with van der Waals surface area (Å²) >= 11 is 0. The molecule has 3 aromatic rings. The Morgan fingerprint density at radius 1 is 1.06 bits per heavy atom. The number of aliphatic hydroxyl groups excluding tert-OH is 1. The van der Waals surface area contributed by atoms with Crippen molar-refractivity contribution in [1.82, 2.24) is 14.9 Å². The molecule has 1 aromatic heterocycles. The summed E-state index contributed by atoms with van der Waals surface area (Å²) < 4.78 is 5.35. The van der Waals surface area contributed by atoms with E-state index in [0.29, 0.717) is 32.0 Å². The lowest BCUT2D eigenvalue weighted by Gasteiger charge is -2.37. The fourth-order valence-corrected chi connectivity index (χ4v) is 4.45. The van der Waals surface area contributed by atoms with Gasteiger partial charge in [-0.1, -0.05) is 42.5 Å². The quantitative estimate of drug-likeness (QED) is 0.340. The predicted octanol–water partition coefficient (Wildman–Crippen LogP) is 3.47. The van der Waals surface area contributed by atoms with E-state index in [-0.39, 0.29) is 10.6 Å². The molecular formula is C27H33N5O4. The third-order valence-corrected chi connectivity index (χ3v) is 6.41. The molecule has 1 atom stereocenters. The van der Waals surface area contributed by atoms with Crippen LogP contribution in [0.4, 0.5) is 11.5 Å². The number of benzene rings is 2. The van der Waals surface area contributed by atoms with E-state index in [1.807, 2.05) is 44.2 Å². The van der Waals surface area contributed by atoms with Gasteiger partial charge in [-0.2, -0.15) is 0 Å². The number of piperazine rings is 1. The molecule has 4 rings (SSSR count). The van der Waals surface area contributed by atoms with Crippen molar-refractivity contribution in [2.24, 2.45) is 0 Å². The highest BCUT2D eigenvalue weighted by molar-refractivity contribution is 5.61. The van der Waals surface area contributed by atoms with E-state index >= 15 is 0 Å². The van der Waals surface area contributed by atoms with E-state index in [1.165, 1.54) is 12.1 Å². The van der Waals surface area contributed by atoms with Crippen LogP contribution in [0.2, 0.25) is 0 Å². The number of hydrogen-bond donors (Lipinski definition) is 1. The number of ether oxygens (including phenoxy) is 1. The smallest absolute Gasteiger partial charge is 0.269 e. The molecule has 2 aromatic carbocycles. The Labute approximate surface area is 211 Å². The zero-order valence-electron chi connectivity index (χ0n) is 20.8. The van der Waals surface area contributed by atoms with Crippen LogP contribution in [0.25, 0.3) is 11.4 Å². The van der Waals surface area contributed by atoms with Gasteiger partial charge in [0.15, 0.2) is 5.82 Å². The van der Waals surface area contributed by atoms with Gasteiger partial charge in [0, 0.05) is 74.7 Å². The molecule has 0 spiro atoms. The van der Waals surface area contributed by atoms with Crippen molar-refractivity contribution in [3.8, 4) is 11.4 Å². The van der Waals surface area contributed by atoms with E-state index < -0.39 is 6.10 Å². The van der Waals surface area contributed by atoms with Gasteiger partial charge in [-0.25, -0.2) is 9.97 Å². The molecule has 1 aliphatic heterocycles. The van der Waals surface area contributed by atoms with Gasteiger partial charge in [0.1, 0.15) is 5.82 Å². The first kappa shape index (κ1) is 25.7. The standard InChI is InChI=1S/C27H33N5O4/c1-3-36-19-24(33)18-30-13-15-31(16-14-30)27-25(17-21-9-11-23(12-10-21)32(34)35)20(2)28-26(29-27)22-7-5-4-6-8-22/h4-12,24,33H,3,13-19H2,1-2H3. The Morgan fingerprint density at radius 3 is 2.39 bits per heavy atom. The second kappa shape index (κ2) is 12.0.